The average Bonchev–Trinajstić information content (AvgIpc) is 3.50. The van der Waals surface area contributed by atoms with Gasteiger partial charge in [0, 0.05) is 37.3 Å². The van der Waals surface area contributed by atoms with Gasteiger partial charge in [-0.1, -0.05) is 44.2 Å². The molecule has 2 saturated heterocycles. The summed E-state index contributed by atoms with van der Waals surface area (Å²) < 4.78 is 0. The summed E-state index contributed by atoms with van der Waals surface area (Å²) in [7, 11) is 0. The quantitative estimate of drug-likeness (QED) is 0.721. The zero-order valence-electron chi connectivity index (χ0n) is 18.3. The van der Waals surface area contributed by atoms with Crippen molar-refractivity contribution >= 4 is 23.6 Å². The van der Waals surface area contributed by atoms with E-state index >= 15 is 0 Å². The van der Waals surface area contributed by atoms with Crippen molar-refractivity contribution in [2.45, 2.75) is 70.0 Å². The Balaban J connectivity index is 1.30. The van der Waals surface area contributed by atoms with E-state index in [-0.39, 0.29) is 35.2 Å². The van der Waals surface area contributed by atoms with Gasteiger partial charge in [-0.05, 0) is 43.6 Å². The maximum atomic E-state index is 13.1. The Kier molecular flexibility index (Phi) is 7.04. The molecule has 164 valence electrons. The lowest BCUT2D eigenvalue weighted by Crippen LogP contribution is -2.54. The van der Waals surface area contributed by atoms with Crippen molar-refractivity contribution in [1.29, 1.82) is 0 Å². The number of piperidine rings is 1. The Morgan fingerprint density at radius 2 is 1.80 bits per heavy atom. The number of nitrogens with zero attached hydrogens (tertiary/aromatic N) is 2. The first-order chi connectivity index (χ1) is 14.5. The highest BCUT2D eigenvalue weighted by molar-refractivity contribution is 8.00. The summed E-state index contributed by atoms with van der Waals surface area (Å²) in [6.45, 7) is 7.36. The fourth-order valence-electron chi connectivity index (χ4n) is 4.56. The van der Waals surface area contributed by atoms with Crippen molar-refractivity contribution in [1.82, 2.24) is 15.1 Å². The predicted molar refractivity (Wildman–Crippen MR) is 122 cm³/mol. The lowest BCUT2D eigenvalue weighted by molar-refractivity contribution is -0.141. The SMILES string of the molecule is CC(C)CC1SCC(C(=O)NC2CCN(Cc3ccccc3)CC2)N1C(=O)C1CC1. The van der Waals surface area contributed by atoms with E-state index in [4.69, 9.17) is 0 Å². The van der Waals surface area contributed by atoms with E-state index < -0.39 is 0 Å². The van der Waals surface area contributed by atoms with Crippen LogP contribution >= 0.6 is 11.8 Å². The van der Waals surface area contributed by atoms with Crippen LogP contribution in [-0.2, 0) is 16.1 Å². The molecule has 6 heteroatoms. The average molecular weight is 430 g/mol. The molecule has 2 atom stereocenters. The molecular weight excluding hydrogens is 394 g/mol. The minimum Gasteiger partial charge on any atom is -0.351 e. The van der Waals surface area contributed by atoms with Gasteiger partial charge in [0.2, 0.25) is 11.8 Å². The lowest BCUT2D eigenvalue weighted by atomic mass is 10.0. The number of hydrogen-bond donors (Lipinski definition) is 1. The van der Waals surface area contributed by atoms with Crippen LogP contribution in [0.4, 0.5) is 0 Å². The van der Waals surface area contributed by atoms with Gasteiger partial charge in [0.25, 0.3) is 0 Å². The normalized spacial score (nSPS) is 25.6. The molecule has 3 fully saturated rings. The van der Waals surface area contributed by atoms with Crippen LogP contribution in [0.1, 0.15) is 51.5 Å². The zero-order valence-corrected chi connectivity index (χ0v) is 19.1. The van der Waals surface area contributed by atoms with Gasteiger partial charge in [-0.25, -0.2) is 0 Å². The molecule has 3 aliphatic rings. The van der Waals surface area contributed by atoms with Crippen LogP contribution in [0.3, 0.4) is 0 Å². The number of benzene rings is 1. The van der Waals surface area contributed by atoms with Crippen molar-refractivity contribution in [2.75, 3.05) is 18.8 Å². The molecule has 2 amide bonds. The van der Waals surface area contributed by atoms with Gasteiger partial charge in [-0.3, -0.25) is 14.5 Å². The predicted octanol–water partition coefficient (Wildman–Crippen LogP) is 3.49. The van der Waals surface area contributed by atoms with Crippen molar-refractivity contribution in [3.05, 3.63) is 35.9 Å². The fourth-order valence-corrected chi connectivity index (χ4v) is 6.21. The highest BCUT2D eigenvalue weighted by Crippen LogP contribution is 2.39. The molecule has 1 aromatic rings. The molecule has 2 unspecified atom stereocenters. The number of likely N-dealkylation sites (tertiary alicyclic amines) is 1. The van der Waals surface area contributed by atoms with Crippen molar-refractivity contribution in [3.63, 3.8) is 0 Å². The fraction of sp³-hybridized carbons (Fsp3) is 0.667. The summed E-state index contributed by atoms with van der Waals surface area (Å²) >= 11 is 1.79. The number of hydrogen-bond acceptors (Lipinski definition) is 4. The van der Waals surface area contributed by atoms with Gasteiger partial charge in [-0.15, -0.1) is 11.8 Å². The number of thioether (sulfide) groups is 1. The Morgan fingerprint density at radius 1 is 1.10 bits per heavy atom. The lowest BCUT2D eigenvalue weighted by Gasteiger charge is -2.34. The van der Waals surface area contributed by atoms with Crippen LogP contribution in [-0.4, -0.2) is 57.9 Å². The summed E-state index contributed by atoms with van der Waals surface area (Å²) in [5, 5.41) is 3.44. The Morgan fingerprint density at radius 3 is 2.43 bits per heavy atom. The van der Waals surface area contributed by atoms with Crippen LogP contribution in [0, 0.1) is 11.8 Å². The Bertz CT molecular complexity index is 729. The molecule has 1 aliphatic carbocycles. The number of carbonyl (C=O) groups is 2. The van der Waals surface area contributed by atoms with Gasteiger partial charge >= 0.3 is 0 Å². The first kappa shape index (κ1) is 21.7. The van der Waals surface area contributed by atoms with E-state index in [2.05, 4.69) is 54.4 Å². The van der Waals surface area contributed by atoms with Gasteiger partial charge in [0.1, 0.15) is 6.04 Å². The summed E-state index contributed by atoms with van der Waals surface area (Å²) in [4.78, 5) is 30.5. The van der Waals surface area contributed by atoms with E-state index in [0.717, 1.165) is 57.5 Å². The number of nitrogens with one attached hydrogen (secondary N) is 1. The van der Waals surface area contributed by atoms with Crippen molar-refractivity contribution in [3.8, 4) is 0 Å². The van der Waals surface area contributed by atoms with Crippen LogP contribution < -0.4 is 5.32 Å². The second-order valence-electron chi connectivity index (χ2n) is 9.50. The first-order valence-corrected chi connectivity index (χ1v) is 12.6. The molecule has 1 aromatic carbocycles. The molecule has 4 rings (SSSR count). The molecule has 0 radical (unpaired) electrons. The smallest absolute Gasteiger partial charge is 0.243 e. The summed E-state index contributed by atoms with van der Waals surface area (Å²) in [6.07, 6.45) is 4.89. The summed E-state index contributed by atoms with van der Waals surface area (Å²) in [6, 6.07) is 10.5. The number of carbonyl (C=O) groups excluding carboxylic acids is 2. The van der Waals surface area contributed by atoms with E-state index in [1.807, 2.05) is 4.90 Å². The molecule has 0 spiro atoms. The molecule has 0 bridgehead atoms. The summed E-state index contributed by atoms with van der Waals surface area (Å²) in [5.74, 6) is 1.68. The number of rotatable bonds is 7. The van der Waals surface area contributed by atoms with Crippen LogP contribution in [0.5, 0.6) is 0 Å². The maximum absolute atomic E-state index is 13.1. The highest BCUT2D eigenvalue weighted by Gasteiger charge is 2.46. The monoisotopic (exact) mass is 429 g/mol. The molecule has 5 nitrogen and oxygen atoms in total. The molecular formula is C24H35N3O2S. The van der Waals surface area contributed by atoms with Crippen LogP contribution in [0.2, 0.25) is 0 Å². The van der Waals surface area contributed by atoms with Crippen molar-refractivity contribution in [2.24, 2.45) is 11.8 Å². The second kappa shape index (κ2) is 9.73. The van der Waals surface area contributed by atoms with E-state index in [1.54, 1.807) is 11.8 Å². The maximum Gasteiger partial charge on any atom is 0.243 e. The third-order valence-corrected chi connectivity index (χ3v) is 7.74. The molecule has 0 aromatic heterocycles. The second-order valence-corrected chi connectivity index (χ2v) is 10.7. The zero-order chi connectivity index (χ0) is 21.1. The molecule has 1 saturated carbocycles. The van der Waals surface area contributed by atoms with Gasteiger partial charge in [-0.2, -0.15) is 0 Å². The van der Waals surface area contributed by atoms with E-state index in [9.17, 15) is 9.59 Å². The molecule has 2 aliphatic heterocycles. The number of amides is 2. The molecule has 2 heterocycles. The third-order valence-electron chi connectivity index (χ3n) is 6.43. The first-order valence-electron chi connectivity index (χ1n) is 11.5. The van der Waals surface area contributed by atoms with Crippen molar-refractivity contribution < 1.29 is 9.59 Å². The molecule has 1 N–H and O–H groups in total. The van der Waals surface area contributed by atoms with Crippen LogP contribution in [0.15, 0.2) is 30.3 Å². The van der Waals surface area contributed by atoms with E-state index in [0.29, 0.717) is 5.92 Å². The molecule has 30 heavy (non-hydrogen) atoms. The standard InChI is InChI=1S/C24H35N3O2S/c1-17(2)14-22-27(24(29)19-8-9-19)21(16-30-22)23(28)25-20-10-12-26(13-11-20)15-18-6-4-3-5-7-18/h3-7,17,19-22H,8-16H2,1-2H3,(H,25,28). The largest absolute Gasteiger partial charge is 0.351 e. The Labute approximate surface area is 184 Å². The van der Waals surface area contributed by atoms with E-state index in [1.165, 1.54) is 5.56 Å². The van der Waals surface area contributed by atoms with Gasteiger partial charge < -0.3 is 10.2 Å². The van der Waals surface area contributed by atoms with Crippen LogP contribution in [0.25, 0.3) is 0 Å². The minimum absolute atomic E-state index is 0.0595. The Hall–Kier alpha value is -1.53. The highest BCUT2D eigenvalue weighted by atomic mass is 32.2. The third kappa shape index (κ3) is 5.38. The topological polar surface area (TPSA) is 52.7 Å². The minimum atomic E-state index is -0.297. The van der Waals surface area contributed by atoms with Gasteiger partial charge in [0.15, 0.2) is 0 Å². The summed E-state index contributed by atoms with van der Waals surface area (Å²) in [5.41, 5.74) is 1.34. The van der Waals surface area contributed by atoms with Gasteiger partial charge in [0.05, 0.1) is 5.37 Å².